The Morgan fingerprint density at radius 1 is 1.30 bits per heavy atom. The molecule has 1 fully saturated rings. The first-order valence-electron chi connectivity index (χ1n) is 7.10. The van der Waals surface area contributed by atoms with Gasteiger partial charge in [-0.15, -0.1) is 0 Å². The molecule has 5 heteroatoms. The Morgan fingerprint density at radius 3 is 2.45 bits per heavy atom. The average Bonchev–Trinajstić information content (AvgIpc) is 2.41. The van der Waals surface area contributed by atoms with Crippen molar-refractivity contribution in [2.45, 2.75) is 39.3 Å². The maximum absolute atomic E-state index is 13.5. The lowest BCUT2D eigenvalue weighted by molar-refractivity contribution is 0.274. The van der Waals surface area contributed by atoms with Gasteiger partial charge in [-0.05, 0) is 37.9 Å². The van der Waals surface area contributed by atoms with Gasteiger partial charge >= 0.3 is 0 Å². The molecule has 1 aliphatic heterocycles. The monoisotopic (exact) mass is 318 g/mol. The first-order valence-corrected chi connectivity index (χ1v) is 7.85. The summed E-state index contributed by atoms with van der Waals surface area (Å²) in [5.74, 6) is -0.0355. The number of hydrogen-bond donors (Lipinski definition) is 1. The Labute approximate surface area is 130 Å². The van der Waals surface area contributed by atoms with Crippen molar-refractivity contribution < 1.29 is 4.39 Å². The van der Waals surface area contributed by atoms with Crippen LogP contribution in [-0.2, 0) is 0 Å². The highest BCUT2D eigenvalue weighted by atomic mass is 35.5. The van der Waals surface area contributed by atoms with E-state index in [0.29, 0.717) is 18.0 Å². The zero-order valence-corrected chi connectivity index (χ0v) is 13.6. The van der Waals surface area contributed by atoms with Crippen LogP contribution in [0.25, 0.3) is 0 Å². The van der Waals surface area contributed by atoms with Crippen LogP contribution in [0.1, 0.15) is 27.2 Å². The number of anilines is 1. The Kier molecular flexibility index (Phi) is 5.16. The third-order valence-electron chi connectivity index (χ3n) is 4.33. The molecule has 3 unspecified atom stereocenters. The maximum atomic E-state index is 13.5. The van der Waals surface area contributed by atoms with Crippen molar-refractivity contribution in [1.29, 1.82) is 0 Å². The quantitative estimate of drug-likeness (QED) is 0.834. The highest BCUT2D eigenvalue weighted by molar-refractivity contribution is 6.35. The van der Waals surface area contributed by atoms with Gasteiger partial charge in [0.15, 0.2) is 5.82 Å². The summed E-state index contributed by atoms with van der Waals surface area (Å²) < 4.78 is 13.5. The Hall–Kier alpha value is -0.510. The van der Waals surface area contributed by atoms with Gasteiger partial charge in [-0.3, -0.25) is 0 Å². The van der Waals surface area contributed by atoms with Crippen molar-refractivity contribution in [3.05, 3.63) is 28.0 Å². The van der Waals surface area contributed by atoms with E-state index in [1.165, 1.54) is 0 Å². The molecule has 1 heterocycles. The Balaban J connectivity index is 2.22. The lowest BCUT2D eigenvalue weighted by atomic mass is 9.86. The summed E-state index contributed by atoms with van der Waals surface area (Å²) in [5, 5.41) is 3.70. The van der Waals surface area contributed by atoms with Crippen LogP contribution in [0, 0.1) is 11.7 Å². The first kappa shape index (κ1) is 15.9. The van der Waals surface area contributed by atoms with Crippen molar-refractivity contribution in [3.8, 4) is 0 Å². The summed E-state index contributed by atoms with van der Waals surface area (Å²) in [6, 6.07) is 4.21. The summed E-state index contributed by atoms with van der Waals surface area (Å²) in [6.07, 6.45) is 1.06. The van der Waals surface area contributed by atoms with Crippen molar-refractivity contribution >= 4 is 28.9 Å². The molecular formula is C15H21Cl2FN2. The predicted molar refractivity (Wildman–Crippen MR) is 84.5 cm³/mol. The fraction of sp³-hybridized carbons (Fsp3) is 0.600. The molecule has 3 atom stereocenters. The van der Waals surface area contributed by atoms with Crippen LogP contribution in [0.5, 0.6) is 0 Å². The molecule has 20 heavy (non-hydrogen) atoms. The maximum Gasteiger partial charge on any atom is 0.160 e. The molecule has 0 aliphatic carbocycles. The van der Waals surface area contributed by atoms with Gasteiger partial charge in [0.2, 0.25) is 0 Å². The van der Waals surface area contributed by atoms with Gasteiger partial charge in [-0.2, -0.15) is 0 Å². The minimum Gasteiger partial charge on any atom is -0.368 e. The molecule has 1 aromatic rings. The molecule has 0 saturated carbocycles. The Bertz CT molecular complexity index is 458. The largest absolute Gasteiger partial charge is 0.368 e. The zero-order chi connectivity index (χ0) is 14.9. The first-order chi connectivity index (χ1) is 9.45. The second-order valence-corrected chi connectivity index (χ2v) is 6.28. The molecule has 0 bridgehead atoms. The smallest absolute Gasteiger partial charge is 0.160 e. The van der Waals surface area contributed by atoms with E-state index in [0.717, 1.165) is 25.2 Å². The van der Waals surface area contributed by atoms with Crippen LogP contribution in [-0.4, -0.2) is 25.2 Å². The van der Waals surface area contributed by atoms with E-state index in [4.69, 9.17) is 23.2 Å². The van der Waals surface area contributed by atoms with E-state index in [2.05, 4.69) is 31.0 Å². The van der Waals surface area contributed by atoms with E-state index in [9.17, 15) is 4.39 Å². The summed E-state index contributed by atoms with van der Waals surface area (Å²) in [4.78, 5) is 2.26. The third kappa shape index (κ3) is 3.05. The number of halogens is 3. The van der Waals surface area contributed by atoms with Gasteiger partial charge in [0.05, 0.1) is 10.0 Å². The molecule has 1 aliphatic rings. The molecule has 1 aromatic carbocycles. The number of piperidine rings is 1. The SMILES string of the molecule is CCNC1CCN(c2cc(Cl)c(F)c(Cl)c2)C(C)C1C. The average molecular weight is 319 g/mol. The second kappa shape index (κ2) is 6.50. The lowest BCUT2D eigenvalue weighted by Gasteiger charge is -2.44. The van der Waals surface area contributed by atoms with Crippen LogP contribution in [0.3, 0.4) is 0 Å². The number of nitrogens with zero attached hydrogens (tertiary/aromatic N) is 1. The molecule has 112 valence electrons. The number of hydrogen-bond acceptors (Lipinski definition) is 2. The van der Waals surface area contributed by atoms with Crippen LogP contribution >= 0.6 is 23.2 Å². The molecule has 2 rings (SSSR count). The minimum atomic E-state index is -0.541. The van der Waals surface area contributed by atoms with Crippen LogP contribution in [0.2, 0.25) is 10.0 Å². The second-order valence-electron chi connectivity index (χ2n) is 5.47. The van der Waals surface area contributed by atoms with E-state index < -0.39 is 5.82 Å². The molecule has 2 nitrogen and oxygen atoms in total. The normalized spacial score (nSPS) is 26.9. The van der Waals surface area contributed by atoms with Crippen LogP contribution < -0.4 is 10.2 Å². The molecule has 0 spiro atoms. The highest BCUT2D eigenvalue weighted by Gasteiger charge is 2.32. The standard InChI is InChI=1S/C15H21Cl2FN2/c1-4-19-14-5-6-20(10(3)9(14)2)11-7-12(16)15(18)13(17)8-11/h7-10,14,19H,4-6H2,1-3H3. The minimum absolute atomic E-state index is 0.0844. The molecule has 0 amide bonds. The van der Waals surface area contributed by atoms with Crippen molar-refractivity contribution in [2.75, 3.05) is 18.0 Å². The van der Waals surface area contributed by atoms with Gasteiger partial charge in [0.25, 0.3) is 0 Å². The van der Waals surface area contributed by atoms with Gasteiger partial charge in [0.1, 0.15) is 0 Å². The Morgan fingerprint density at radius 2 is 1.90 bits per heavy atom. The van der Waals surface area contributed by atoms with Crippen molar-refractivity contribution in [2.24, 2.45) is 5.92 Å². The van der Waals surface area contributed by atoms with E-state index in [1.54, 1.807) is 12.1 Å². The van der Waals surface area contributed by atoms with E-state index >= 15 is 0 Å². The van der Waals surface area contributed by atoms with Gasteiger partial charge in [0, 0.05) is 24.3 Å². The number of rotatable bonds is 3. The van der Waals surface area contributed by atoms with Gasteiger partial charge < -0.3 is 10.2 Å². The van der Waals surface area contributed by atoms with Crippen molar-refractivity contribution in [3.63, 3.8) is 0 Å². The third-order valence-corrected chi connectivity index (χ3v) is 4.88. The molecular weight excluding hydrogens is 298 g/mol. The number of benzene rings is 1. The zero-order valence-electron chi connectivity index (χ0n) is 12.1. The summed E-state index contributed by atoms with van der Waals surface area (Å²) >= 11 is 11.8. The van der Waals surface area contributed by atoms with Crippen LogP contribution in [0.4, 0.5) is 10.1 Å². The molecule has 0 radical (unpaired) electrons. The van der Waals surface area contributed by atoms with E-state index in [1.807, 2.05) is 0 Å². The topological polar surface area (TPSA) is 15.3 Å². The fourth-order valence-corrected chi connectivity index (χ4v) is 3.46. The van der Waals surface area contributed by atoms with Gasteiger partial charge in [-0.1, -0.05) is 37.0 Å². The van der Waals surface area contributed by atoms with E-state index in [-0.39, 0.29) is 10.0 Å². The molecule has 0 aromatic heterocycles. The van der Waals surface area contributed by atoms with Gasteiger partial charge in [-0.25, -0.2) is 4.39 Å². The van der Waals surface area contributed by atoms with Crippen molar-refractivity contribution in [1.82, 2.24) is 5.32 Å². The molecule has 1 N–H and O–H groups in total. The van der Waals surface area contributed by atoms with Crippen LogP contribution in [0.15, 0.2) is 12.1 Å². The molecule has 1 saturated heterocycles. The highest BCUT2D eigenvalue weighted by Crippen LogP contribution is 2.34. The summed E-state index contributed by atoms with van der Waals surface area (Å²) in [5.41, 5.74) is 0.899. The summed E-state index contributed by atoms with van der Waals surface area (Å²) in [6.45, 7) is 8.47. The summed E-state index contributed by atoms with van der Waals surface area (Å²) in [7, 11) is 0. The number of nitrogens with one attached hydrogen (secondary N) is 1. The fourth-order valence-electron chi connectivity index (χ4n) is 2.99. The lowest BCUT2D eigenvalue weighted by Crippen LogP contribution is -2.53. The predicted octanol–water partition coefficient (Wildman–Crippen LogP) is 4.35.